The Labute approximate surface area is 187 Å². The molecule has 0 spiro atoms. The van der Waals surface area contributed by atoms with E-state index in [-0.39, 0.29) is 11.6 Å². The van der Waals surface area contributed by atoms with Gasteiger partial charge < -0.3 is 20.8 Å². The molecule has 0 bridgehead atoms. The zero-order valence-corrected chi connectivity index (χ0v) is 18.4. The number of carbonyl (C=O) groups excluding carboxylic acids is 1. The molecule has 0 aliphatic heterocycles. The summed E-state index contributed by atoms with van der Waals surface area (Å²) in [6.07, 6.45) is 11.0. The van der Waals surface area contributed by atoms with E-state index in [0.29, 0.717) is 28.7 Å². The minimum absolute atomic E-state index is 0.256. The van der Waals surface area contributed by atoms with Crippen LogP contribution in [-0.2, 0) is 0 Å². The topological polar surface area (TPSA) is 105 Å². The maximum absolute atomic E-state index is 12.9. The molecule has 3 aromatic rings. The molecule has 0 atom stereocenters. The van der Waals surface area contributed by atoms with Crippen LogP contribution in [0.25, 0.3) is 16.5 Å². The van der Waals surface area contributed by atoms with E-state index in [0.717, 1.165) is 23.7 Å². The normalized spacial score (nSPS) is 14.9. The summed E-state index contributed by atoms with van der Waals surface area (Å²) in [5.41, 5.74) is 2.79. The number of benzene rings is 1. The van der Waals surface area contributed by atoms with Crippen LogP contribution in [0.4, 0.5) is 5.69 Å². The summed E-state index contributed by atoms with van der Waals surface area (Å²) in [6, 6.07) is 9.34. The van der Waals surface area contributed by atoms with Crippen LogP contribution in [0, 0.1) is 5.41 Å². The molecule has 0 saturated heterocycles. The Hall–Kier alpha value is -3.68. The molecule has 1 saturated carbocycles. The largest absolute Gasteiger partial charge is 0.494 e. The first-order valence-corrected chi connectivity index (χ1v) is 10.9. The Bertz CT molecular complexity index is 1160. The van der Waals surface area contributed by atoms with Gasteiger partial charge in [-0.3, -0.25) is 9.48 Å². The van der Waals surface area contributed by atoms with Crippen molar-refractivity contribution in [2.45, 2.75) is 38.1 Å². The summed E-state index contributed by atoms with van der Waals surface area (Å²) in [6.45, 7) is 0. The molecule has 4 rings (SSSR count). The fourth-order valence-electron chi connectivity index (χ4n) is 4.12. The number of carbonyl (C=O) groups is 1. The monoisotopic (exact) mass is 432 g/mol. The van der Waals surface area contributed by atoms with E-state index in [1.54, 1.807) is 38.6 Å². The molecular formula is C24H28N6O2. The standard InChI is InChI=1S/C24H28N6O2/c1-26-14-17(13-25)19-9-6-10-20(27-19)24(31)28-22-11-16-15-30(18-7-4-3-5-8-18)29-21(16)12-23(22)32-2/h6,9-15,18,25-26H,3-5,7-8H2,1-2H3,(H,28,31)/b17-14+,25-13?. The van der Waals surface area contributed by atoms with Crippen LogP contribution in [0.5, 0.6) is 5.75 Å². The number of nitrogens with zero attached hydrogens (tertiary/aromatic N) is 3. The molecule has 3 N–H and O–H groups in total. The average Bonchev–Trinajstić information content (AvgIpc) is 3.25. The van der Waals surface area contributed by atoms with Crippen molar-refractivity contribution in [2.75, 3.05) is 19.5 Å². The minimum Gasteiger partial charge on any atom is -0.494 e. The smallest absolute Gasteiger partial charge is 0.274 e. The number of hydrogen-bond donors (Lipinski definition) is 3. The van der Waals surface area contributed by atoms with Crippen molar-refractivity contribution in [1.29, 1.82) is 5.41 Å². The third-order valence-electron chi connectivity index (χ3n) is 5.77. The van der Waals surface area contributed by atoms with Crippen molar-refractivity contribution in [2.24, 2.45) is 0 Å². The Morgan fingerprint density at radius 3 is 2.72 bits per heavy atom. The molecule has 0 unspecified atom stereocenters. The van der Waals surface area contributed by atoms with E-state index in [2.05, 4.69) is 26.5 Å². The molecule has 1 aliphatic carbocycles. The Morgan fingerprint density at radius 2 is 2.00 bits per heavy atom. The Kier molecular flexibility index (Phi) is 6.49. The van der Waals surface area contributed by atoms with E-state index < -0.39 is 0 Å². The number of allylic oxidation sites excluding steroid dienone is 1. The zero-order valence-electron chi connectivity index (χ0n) is 18.4. The molecule has 1 aliphatic rings. The molecule has 1 fully saturated rings. The number of fused-ring (bicyclic) bond motifs is 1. The lowest BCUT2D eigenvalue weighted by atomic mass is 9.96. The Morgan fingerprint density at radius 1 is 1.22 bits per heavy atom. The molecule has 8 nitrogen and oxygen atoms in total. The van der Waals surface area contributed by atoms with Gasteiger partial charge in [-0.2, -0.15) is 5.10 Å². The van der Waals surface area contributed by atoms with Crippen LogP contribution in [0.2, 0.25) is 0 Å². The number of anilines is 1. The summed E-state index contributed by atoms with van der Waals surface area (Å²) >= 11 is 0. The summed E-state index contributed by atoms with van der Waals surface area (Å²) in [5.74, 6) is 0.198. The van der Waals surface area contributed by atoms with Crippen LogP contribution in [0.15, 0.2) is 42.7 Å². The highest BCUT2D eigenvalue weighted by Crippen LogP contribution is 2.33. The van der Waals surface area contributed by atoms with E-state index in [1.807, 2.05) is 12.1 Å². The van der Waals surface area contributed by atoms with Crippen molar-refractivity contribution < 1.29 is 9.53 Å². The van der Waals surface area contributed by atoms with Gasteiger partial charge in [0.1, 0.15) is 11.4 Å². The van der Waals surface area contributed by atoms with Gasteiger partial charge >= 0.3 is 0 Å². The lowest BCUT2D eigenvalue weighted by Crippen LogP contribution is -2.15. The van der Waals surface area contributed by atoms with E-state index in [4.69, 9.17) is 15.2 Å². The van der Waals surface area contributed by atoms with E-state index >= 15 is 0 Å². The highest BCUT2D eigenvalue weighted by atomic mass is 16.5. The SMILES string of the molecule is CN/C=C(\C=N)c1cccc(C(=O)Nc2cc3cn(C4CCCCC4)nc3cc2OC)n1. The van der Waals surface area contributed by atoms with Crippen LogP contribution in [0.3, 0.4) is 0 Å². The van der Waals surface area contributed by atoms with Crippen molar-refractivity contribution >= 4 is 34.3 Å². The third-order valence-corrected chi connectivity index (χ3v) is 5.77. The van der Waals surface area contributed by atoms with Gasteiger partial charge in [-0.15, -0.1) is 0 Å². The van der Waals surface area contributed by atoms with E-state index in [9.17, 15) is 4.79 Å². The fraction of sp³-hybridized carbons (Fsp3) is 0.333. The maximum atomic E-state index is 12.9. The van der Waals surface area contributed by atoms with Gasteiger partial charge in [-0.25, -0.2) is 4.98 Å². The summed E-state index contributed by atoms with van der Waals surface area (Å²) < 4.78 is 7.59. The maximum Gasteiger partial charge on any atom is 0.274 e. The number of amides is 1. The van der Waals surface area contributed by atoms with Gasteiger partial charge in [0.2, 0.25) is 0 Å². The first-order valence-electron chi connectivity index (χ1n) is 10.9. The van der Waals surface area contributed by atoms with Crippen LogP contribution in [0.1, 0.15) is 54.3 Å². The molecule has 1 amide bonds. The van der Waals surface area contributed by atoms with Gasteiger partial charge in [0.25, 0.3) is 5.91 Å². The number of methoxy groups -OCH3 is 1. The van der Waals surface area contributed by atoms with Gasteiger partial charge in [0.15, 0.2) is 0 Å². The highest BCUT2D eigenvalue weighted by Gasteiger charge is 2.19. The van der Waals surface area contributed by atoms with Crippen molar-refractivity contribution in [1.82, 2.24) is 20.1 Å². The average molecular weight is 433 g/mol. The molecule has 0 radical (unpaired) electrons. The van der Waals surface area contributed by atoms with Crippen molar-refractivity contribution in [3.63, 3.8) is 0 Å². The van der Waals surface area contributed by atoms with Gasteiger partial charge in [-0.05, 0) is 31.0 Å². The number of pyridine rings is 1. The van der Waals surface area contributed by atoms with Gasteiger partial charge in [0, 0.05) is 42.7 Å². The van der Waals surface area contributed by atoms with Crippen LogP contribution in [-0.4, -0.2) is 41.0 Å². The quantitative estimate of drug-likeness (QED) is 0.480. The number of aromatic nitrogens is 3. The summed E-state index contributed by atoms with van der Waals surface area (Å²) in [4.78, 5) is 17.4. The molecule has 166 valence electrons. The van der Waals surface area contributed by atoms with Crippen LogP contribution >= 0.6 is 0 Å². The molecule has 32 heavy (non-hydrogen) atoms. The second kappa shape index (κ2) is 9.64. The predicted octanol–water partition coefficient (Wildman–Crippen LogP) is 4.41. The second-order valence-electron chi connectivity index (χ2n) is 7.91. The first kappa shape index (κ1) is 21.5. The van der Waals surface area contributed by atoms with Crippen molar-refractivity contribution in [3.05, 3.63) is 54.1 Å². The third kappa shape index (κ3) is 4.49. The second-order valence-corrected chi connectivity index (χ2v) is 7.91. The van der Waals surface area contributed by atoms with Gasteiger partial charge in [0.05, 0.1) is 30.0 Å². The molecular weight excluding hydrogens is 404 g/mol. The first-order chi connectivity index (χ1) is 15.6. The summed E-state index contributed by atoms with van der Waals surface area (Å²) in [7, 11) is 3.33. The molecule has 1 aromatic carbocycles. The highest BCUT2D eigenvalue weighted by molar-refractivity contribution is 6.09. The molecule has 2 aromatic heterocycles. The van der Waals surface area contributed by atoms with Crippen molar-refractivity contribution in [3.8, 4) is 5.75 Å². The number of nitrogens with one attached hydrogen (secondary N) is 3. The van der Waals surface area contributed by atoms with E-state index in [1.165, 1.54) is 25.5 Å². The Balaban J connectivity index is 1.61. The number of rotatable bonds is 7. The fourth-order valence-corrected chi connectivity index (χ4v) is 4.12. The zero-order chi connectivity index (χ0) is 22.5. The predicted molar refractivity (Wildman–Crippen MR) is 126 cm³/mol. The molecule has 2 heterocycles. The number of hydrogen-bond acceptors (Lipinski definition) is 6. The lowest BCUT2D eigenvalue weighted by molar-refractivity contribution is 0.102. The van der Waals surface area contributed by atoms with Gasteiger partial charge in [-0.1, -0.05) is 25.3 Å². The number of ether oxygens (including phenoxy) is 1. The molecule has 8 heteroatoms. The summed E-state index contributed by atoms with van der Waals surface area (Å²) in [5, 5.41) is 19.1. The van der Waals surface area contributed by atoms with Crippen LogP contribution < -0.4 is 15.4 Å². The minimum atomic E-state index is -0.349. The lowest BCUT2D eigenvalue weighted by Gasteiger charge is -2.21.